The number of rotatable bonds is 8. The maximum absolute atomic E-state index is 12.6. The Balaban J connectivity index is 2.43. The first-order valence-corrected chi connectivity index (χ1v) is 8.85. The monoisotopic (exact) mass is 359 g/mol. The zero-order valence-corrected chi connectivity index (χ0v) is 15.8. The summed E-state index contributed by atoms with van der Waals surface area (Å²) in [5, 5.41) is 0.864. The van der Waals surface area contributed by atoms with Crippen LogP contribution in [0.5, 0.6) is 5.75 Å². The molecule has 1 aromatic carbocycles. The number of ketones is 1. The van der Waals surface area contributed by atoms with Crippen LogP contribution in [0.1, 0.15) is 49.2 Å². The fourth-order valence-electron chi connectivity index (χ4n) is 3.10. The van der Waals surface area contributed by atoms with E-state index in [1.165, 1.54) is 0 Å². The van der Waals surface area contributed by atoms with Gasteiger partial charge in [0.2, 0.25) is 11.7 Å². The normalized spacial score (nSPS) is 10.8. The van der Waals surface area contributed by atoms with Crippen LogP contribution in [0.3, 0.4) is 0 Å². The molecule has 0 aliphatic heterocycles. The molecule has 0 spiro atoms. The lowest BCUT2D eigenvalue weighted by Crippen LogP contribution is -2.18. The van der Waals surface area contributed by atoms with E-state index in [1.54, 1.807) is 18.6 Å². The Morgan fingerprint density at radius 2 is 1.85 bits per heavy atom. The molecule has 0 fully saturated rings. The smallest absolute Gasteiger partial charge is 0.374 e. The fraction of sp³-hybridized carbons (Fsp3) is 0.450. The molecule has 1 aromatic heterocycles. The lowest BCUT2D eigenvalue weighted by Gasteiger charge is -2.06. The zero-order valence-electron chi connectivity index (χ0n) is 15.8. The third kappa shape index (κ3) is 3.95. The Bertz CT molecular complexity index is 834. The summed E-state index contributed by atoms with van der Waals surface area (Å²) in [6, 6.07) is 5.53. The molecule has 0 N–H and O–H groups in total. The number of aryl methyl sites for hydroxylation is 1. The van der Waals surface area contributed by atoms with Gasteiger partial charge in [-0.3, -0.25) is 14.2 Å². The maximum atomic E-state index is 12.6. The Kier molecular flexibility index (Phi) is 6.55. The molecular formula is C20H25NO5. The van der Waals surface area contributed by atoms with Crippen molar-refractivity contribution < 1.29 is 23.9 Å². The van der Waals surface area contributed by atoms with Crippen LogP contribution >= 0.6 is 0 Å². The average molecular weight is 359 g/mol. The number of nitrogens with zero attached hydrogens (tertiary/aromatic N) is 1. The topological polar surface area (TPSA) is 74.6 Å². The van der Waals surface area contributed by atoms with E-state index in [-0.39, 0.29) is 18.9 Å². The minimum Gasteiger partial charge on any atom is -0.497 e. The quantitative estimate of drug-likeness (QED) is 0.533. The largest absolute Gasteiger partial charge is 0.497 e. The third-order valence-corrected chi connectivity index (χ3v) is 4.36. The highest BCUT2D eigenvalue weighted by Crippen LogP contribution is 2.30. The molecule has 2 aromatic rings. The van der Waals surface area contributed by atoms with Gasteiger partial charge < -0.3 is 9.47 Å². The van der Waals surface area contributed by atoms with Crippen LogP contribution in [-0.2, 0) is 20.7 Å². The second-order valence-corrected chi connectivity index (χ2v) is 6.07. The van der Waals surface area contributed by atoms with Gasteiger partial charge in [0, 0.05) is 23.9 Å². The molecule has 2 rings (SSSR count). The van der Waals surface area contributed by atoms with Crippen molar-refractivity contribution in [3.05, 3.63) is 29.5 Å². The van der Waals surface area contributed by atoms with Crippen molar-refractivity contribution >= 4 is 28.6 Å². The number of hydrogen-bond acceptors (Lipinski definition) is 5. The lowest BCUT2D eigenvalue weighted by atomic mass is 10.0. The van der Waals surface area contributed by atoms with E-state index in [4.69, 9.17) is 9.47 Å². The van der Waals surface area contributed by atoms with E-state index in [1.807, 2.05) is 32.0 Å². The van der Waals surface area contributed by atoms with Crippen LogP contribution in [-0.4, -0.2) is 35.9 Å². The van der Waals surface area contributed by atoms with E-state index in [0.717, 1.165) is 28.6 Å². The van der Waals surface area contributed by atoms with Gasteiger partial charge in [-0.05, 0) is 50.5 Å². The van der Waals surface area contributed by atoms with E-state index < -0.39 is 11.8 Å². The predicted octanol–water partition coefficient (Wildman–Crippen LogP) is 3.46. The molecule has 6 heteroatoms. The van der Waals surface area contributed by atoms with Crippen molar-refractivity contribution in [1.29, 1.82) is 0 Å². The van der Waals surface area contributed by atoms with E-state index in [0.29, 0.717) is 18.6 Å². The number of hydrogen-bond donors (Lipinski definition) is 0. The van der Waals surface area contributed by atoms with Crippen molar-refractivity contribution in [3.63, 3.8) is 0 Å². The highest BCUT2D eigenvalue weighted by Gasteiger charge is 2.21. The first-order chi connectivity index (χ1) is 12.4. The van der Waals surface area contributed by atoms with Crippen LogP contribution < -0.4 is 4.74 Å². The summed E-state index contributed by atoms with van der Waals surface area (Å²) in [6.07, 6.45) is 1.60. The van der Waals surface area contributed by atoms with Crippen molar-refractivity contribution in [2.45, 2.75) is 46.5 Å². The van der Waals surface area contributed by atoms with Crippen LogP contribution in [0.4, 0.5) is 0 Å². The molecule has 0 bridgehead atoms. The number of aromatic nitrogens is 1. The number of ether oxygens (including phenoxy) is 2. The molecule has 6 nitrogen and oxygen atoms in total. The van der Waals surface area contributed by atoms with Gasteiger partial charge in [-0.1, -0.05) is 6.92 Å². The van der Waals surface area contributed by atoms with Gasteiger partial charge in [0.05, 0.1) is 19.2 Å². The van der Waals surface area contributed by atoms with E-state index >= 15 is 0 Å². The standard InChI is InChI=1S/C20H25NO5/c1-5-7-19(23)21-13(3)15(9-11-18(22)20(24)26-6-2)16-12-14(25-4)8-10-17(16)21/h8,10,12H,5-7,9,11H2,1-4H3. The molecule has 0 saturated carbocycles. The second kappa shape index (κ2) is 8.65. The number of carbonyl (C=O) groups excluding carboxylic acids is 3. The van der Waals surface area contributed by atoms with Gasteiger partial charge in [-0.25, -0.2) is 4.79 Å². The minimum atomic E-state index is -0.812. The first-order valence-electron chi connectivity index (χ1n) is 8.85. The number of benzene rings is 1. The second-order valence-electron chi connectivity index (χ2n) is 6.07. The van der Waals surface area contributed by atoms with Crippen molar-refractivity contribution in [1.82, 2.24) is 4.57 Å². The summed E-state index contributed by atoms with van der Waals surface area (Å²) in [5.74, 6) is -0.679. The predicted molar refractivity (Wildman–Crippen MR) is 98.7 cm³/mol. The van der Waals surface area contributed by atoms with Gasteiger partial charge in [0.25, 0.3) is 0 Å². The molecule has 0 radical (unpaired) electrons. The zero-order chi connectivity index (χ0) is 19.3. The molecule has 0 saturated heterocycles. The van der Waals surface area contributed by atoms with Gasteiger partial charge in [0.1, 0.15) is 5.75 Å². The third-order valence-electron chi connectivity index (χ3n) is 4.36. The average Bonchev–Trinajstić information content (AvgIpc) is 2.90. The number of fused-ring (bicyclic) bond motifs is 1. The summed E-state index contributed by atoms with van der Waals surface area (Å²) in [7, 11) is 1.58. The van der Waals surface area contributed by atoms with Crippen molar-refractivity contribution in [3.8, 4) is 5.75 Å². The summed E-state index contributed by atoms with van der Waals surface area (Å²) in [5.41, 5.74) is 2.46. The molecular weight excluding hydrogens is 334 g/mol. The molecule has 26 heavy (non-hydrogen) atoms. The molecule has 140 valence electrons. The molecule has 0 aliphatic rings. The number of carbonyl (C=O) groups is 3. The maximum Gasteiger partial charge on any atom is 0.374 e. The van der Waals surface area contributed by atoms with Crippen LogP contribution in [0.2, 0.25) is 0 Å². The van der Waals surface area contributed by atoms with Gasteiger partial charge in [-0.15, -0.1) is 0 Å². The number of Topliss-reactive ketones (excluding diaryl/α,β-unsaturated/α-hetero) is 1. The van der Waals surface area contributed by atoms with Crippen molar-refractivity contribution in [2.75, 3.05) is 13.7 Å². The summed E-state index contributed by atoms with van der Waals surface area (Å²) >= 11 is 0. The lowest BCUT2D eigenvalue weighted by molar-refractivity contribution is -0.153. The van der Waals surface area contributed by atoms with E-state index in [2.05, 4.69) is 0 Å². The summed E-state index contributed by atoms with van der Waals surface area (Å²) < 4.78 is 11.7. The number of methoxy groups -OCH3 is 1. The fourth-order valence-corrected chi connectivity index (χ4v) is 3.10. The molecule has 0 atom stereocenters. The van der Waals surface area contributed by atoms with Gasteiger partial charge in [-0.2, -0.15) is 0 Å². The highest BCUT2D eigenvalue weighted by atomic mass is 16.5. The Morgan fingerprint density at radius 1 is 1.12 bits per heavy atom. The van der Waals surface area contributed by atoms with Crippen LogP contribution in [0, 0.1) is 6.92 Å². The number of esters is 1. The molecule has 1 heterocycles. The molecule has 0 amide bonds. The highest BCUT2D eigenvalue weighted by molar-refractivity contribution is 6.33. The SMILES string of the molecule is CCCC(=O)n1c(C)c(CCC(=O)C(=O)OCC)c2cc(OC)ccc21. The van der Waals surface area contributed by atoms with Crippen molar-refractivity contribution in [2.24, 2.45) is 0 Å². The molecule has 0 aliphatic carbocycles. The Hall–Kier alpha value is -2.63. The first kappa shape index (κ1) is 19.7. The van der Waals surface area contributed by atoms with Crippen LogP contribution in [0.15, 0.2) is 18.2 Å². The van der Waals surface area contributed by atoms with E-state index in [9.17, 15) is 14.4 Å². The summed E-state index contributed by atoms with van der Waals surface area (Å²) in [6.45, 7) is 5.66. The molecule has 0 unspecified atom stereocenters. The minimum absolute atomic E-state index is 0.0168. The Morgan fingerprint density at radius 3 is 2.46 bits per heavy atom. The van der Waals surface area contributed by atoms with Gasteiger partial charge >= 0.3 is 5.97 Å². The van der Waals surface area contributed by atoms with Crippen LogP contribution in [0.25, 0.3) is 10.9 Å². The Labute approximate surface area is 153 Å². The van der Waals surface area contributed by atoms with Gasteiger partial charge in [0.15, 0.2) is 0 Å². The summed E-state index contributed by atoms with van der Waals surface area (Å²) in [4.78, 5) is 36.1.